The number of hydrogen-bond acceptors (Lipinski definition) is 3. The van der Waals surface area contributed by atoms with E-state index in [0.717, 1.165) is 17.8 Å². The molecule has 5 heteroatoms. The molecule has 0 aliphatic heterocycles. The highest BCUT2D eigenvalue weighted by Gasteiger charge is 2.17. The van der Waals surface area contributed by atoms with E-state index < -0.39 is 11.7 Å². The first-order chi connectivity index (χ1) is 8.99. The number of nitrogens with zero attached hydrogens (tertiary/aromatic N) is 2. The second-order valence-corrected chi connectivity index (χ2v) is 4.29. The van der Waals surface area contributed by atoms with Gasteiger partial charge in [0.2, 0.25) is 0 Å². The van der Waals surface area contributed by atoms with Crippen molar-refractivity contribution in [1.82, 2.24) is 4.98 Å². The molecule has 19 heavy (non-hydrogen) atoms. The van der Waals surface area contributed by atoms with Crippen molar-refractivity contribution in [3.05, 3.63) is 53.5 Å². The summed E-state index contributed by atoms with van der Waals surface area (Å²) in [6.07, 6.45) is 0.985. The molecule has 0 bridgehead atoms. The number of carbonyl (C=O) groups is 1. The van der Waals surface area contributed by atoms with E-state index in [4.69, 9.17) is 5.73 Å². The molecule has 1 amide bonds. The van der Waals surface area contributed by atoms with Crippen molar-refractivity contribution in [2.24, 2.45) is 0 Å². The Labute approximate surface area is 110 Å². The number of carbonyl (C=O) groups excluding carboxylic acids is 1. The Morgan fingerprint density at radius 3 is 2.79 bits per heavy atom. The maximum atomic E-state index is 13.1. The summed E-state index contributed by atoms with van der Waals surface area (Å²) < 4.78 is 13.1. The fourth-order valence-corrected chi connectivity index (χ4v) is 1.76. The minimum Gasteiger partial charge on any atom is -0.383 e. The van der Waals surface area contributed by atoms with Crippen LogP contribution in [0.2, 0.25) is 0 Å². The predicted octanol–water partition coefficient (Wildman–Crippen LogP) is 2.39. The highest BCUT2D eigenvalue weighted by Crippen LogP contribution is 2.19. The lowest BCUT2D eigenvalue weighted by Crippen LogP contribution is -2.27. The molecular weight excluding hydrogens is 245 g/mol. The lowest BCUT2D eigenvalue weighted by Gasteiger charge is -2.18. The van der Waals surface area contributed by atoms with Crippen molar-refractivity contribution in [3.63, 3.8) is 0 Å². The summed E-state index contributed by atoms with van der Waals surface area (Å²) >= 11 is 0. The van der Waals surface area contributed by atoms with Crippen LogP contribution in [0.1, 0.15) is 15.9 Å². The van der Waals surface area contributed by atoms with Crippen LogP contribution in [0.25, 0.3) is 0 Å². The van der Waals surface area contributed by atoms with Gasteiger partial charge in [0.25, 0.3) is 5.91 Å². The van der Waals surface area contributed by atoms with Crippen LogP contribution in [0.15, 0.2) is 36.5 Å². The number of nitrogen functional groups attached to an aromatic ring is 1. The highest BCUT2D eigenvalue weighted by molar-refractivity contribution is 6.08. The molecule has 1 heterocycles. The van der Waals surface area contributed by atoms with Crippen molar-refractivity contribution in [3.8, 4) is 0 Å². The third-order valence-corrected chi connectivity index (χ3v) is 2.81. The van der Waals surface area contributed by atoms with Crippen LogP contribution in [0.5, 0.6) is 0 Å². The molecule has 1 aromatic carbocycles. The Morgan fingerprint density at radius 1 is 1.37 bits per heavy atom. The van der Waals surface area contributed by atoms with Crippen LogP contribution in [0, 0.1) is 12.7 Å². The summed E-state index contributed by atoms with van der Waals surface area (Å²) in [6.45, 7) is 1.93. The smallest absolute Gasteiger partial charge is 0.261 e. The Bertz CT molecular complexity index is 628. The largest absolute Gasteiger partial charge is 0.383 e. The number of rotatable bonds is 2. The number of hydrogen-bond donors (Lipinski definition) is 1. The zero-order valence-corrected chi connectivity index (χ0v) is 10.7. The fourth-order valence-electron chi connectivity index (χ4n) is 1.76. The zero-order valence-electron chi connectivity index (χ0n) is 10.7. The molecule has 0 radical (unpaired) electrons. The van der Waals surface area contributed by atoms with Gasteiger partial charge in [0.15, 0.2) is 0 Å². The van der Waals surface area contributed by atoms with Crippen molar-refractivity contribution in [1.29, 1.82) is 0 Å². The second-order valence-electron chi connectivity index (χ2n) is 4.29. The zero-order chi connectivity index (χ0) is 14.0. The van der Waals surface area contributed by atoms with E-state index in [9.17, 15) is 9.18 Å². The molecule has 0 saturated heterocycles. The molecule has 0 aliphatic rings. The Morgan fingerprint density at radius 2 is 2.11 bits per heavy atom. The second kappa shape index (κ2) is 5.06. The van der Waals surface area contributed by atoms with Crippen molar-refractivity contribution < 1.29 is 9.18 Å². The fraction of sp³-hybridized carbons (Fsp3) is 0.143. The average molecular weight is 259 g/mol. The molecule has 0 unspecified atom stereocenters. The molecule has 0 saturated carbocycles. The van der Waals surface area contributed by atoms with Crippen LogP contribution in [-0.4, -0.2) is 17.9 Å². The maximum Gasteiger partial charge on any atom is 0.261 e. The Balaban J connectivity index is 2.36. The number of nitrogens with two attached hydrogens (primary N) is 1. The first kappa shape index (κ1) is 13.0. The van der Waals surface area contributed by atoms with Gasteiger partial charge in [-0.3, -0.25) is 4.79 Å². The van der Waals surface area contributed by atoms with E-state index in [1.807, 2.05) is 25.1 Å². The molecule has 2 rings (SSSR count). The van der Waals surface area contributed by atoms with Gasteiger partial charge in [-0.15, -0.1) is 0 Å². The molecule has 0 spiro atoms. The summed E-state index contributed by atoms with van der Waals surface area (Å²) in [5.74, 6) is -0.962. The van der Waals surface area contributed by atoms with Crippen molar-refractivity contribution >= 4 is 17.4 Å². The van der Waals surface area contributed by atoms with Gasteiger partial charge in [-0.05, 0) is 30.7 Å². The van der Waals surface area contributed by atoms with Gasteiger partial charge in [0.1, 0.15) is 11.6 Å². The minimum absolute atomic E-state index is 0.0194. The standard InChI is InChI=1S/C14H14FN3O/c1-9-4-3-5-11(6-9)18(2)14(19)12-7-10(15)8-17-13(12)16/h3-8H,1-2H3,(H2,16,17). The Hall–Kier alpha value is -2.43. The quantitative estimate of drug-likeness (QED) is 0.900. The lowest BCUT2D eigenvalue weighted by molar-refractivity contribution is 0.0993. The van der Waals surface area contributed by atoms with Crippen molar-refractivity contribution in [2.45, 2.75) is 6.92 Å². The summed E-state index contributed by atoms with van der Waals surface area (Å²) in [4.78, 5) is 17.3. The molecule has 4 nitrogen and oxygen atoms in total. The first-order valence-electron chi connectivity index (χ1n) is 5.75. The van der Waals surface area contributed by atoms with Crippen LogP contribution in [-0.2, 0) is 0 Å². The summed E-state index contributed by atoms with van der Waals surface area (Å²) in [6, 6.07) is 8.53. The van der Waals surface area contributed by atoms with Gasteiger partial charge in [0.05, 0.1) is 11.8 Å². The molecule has 0 fully saturated rings. The van der Waals surface area contributed by atoms with E-state index in [2.05, 4.69) is 4.98 Å². The average Bonchev–Trinajstić information content (AvgIpc) is 2.40. The third kappa shape index (κ3) is 2.70. The van der Waals surface area contributed by atoms with Gasteiger partial charge in [-0.1, -0.05) is 12.1 Å². The molecule has 2 aromatic rings. The number of anilines is 2. The van der Waals surface area contributed by atoms with Gasteiger partial charge in [0, 0.05) is 12.7 Å². The molecule has 2 N–H and O–H groups in total. The van der Waals surface area contributed by atoms with Crippen molar-refractivity contribution in [2.75, 3.05) is 17.7 Å². The molecule has 0 aliphatic carbocycles. The number of benzene rings is 1. The van der Waals surface area contributed by atoms with Gasteiger partial charge < -0.3 is 10.6 Å². The van der Waals surface area contributed by atoms with Gasteiger partial charge >= 0.3 is 0 Å². The highest BCUT2D eigenvalue weighted by atomic mass is 19.1. The van der Waals surface area contributed by atoms with E-state index >= 15 is 0 Å². The SMILES string of the molecule is Cc1cccc(N(C)C(=O)c2cc(F)cnc2N)c1. The summed E-state index contributed by atoms with van der Waals surface area (Å²) in [7, 11) is 1.61. The summed E-state index contributed by atoms with van der Waals surface area (Å²) in [5, 5.41) is 0. The first-order valence-corrected chi connectivity index (χ1v) is 5.75. The topological polar surface area (TPSA) is 59.2 Å². The number of pyridine rings is 1. The third-order valence-electron chi connectivity index (χ3n) is 2.81. The van der Waals surface area contributed by atoms with Crippen LogP contribution in [0.3, 0.4) is 0 Å². The normalized spacial score (nSPS) is 10.3. The van der Waals surface area contributed by atoms with E-state index in [1.165, 1.54) is 4.90 Å². The number of amides is 1. The van der Waals surface area contributed by atoms with Gasteiger partial charge in [-0.2, -0.15) is 0 Å². The number of aryl methyl sites for hydroxylation is 1. The monoisotopic (exact) mass is 259 g/mol. The number of halogens is 1. The lowest BCUT2D eigenvalue weighted by atomic mass is 10.2. The van der Waals surface area contributed by atoms with Crippen LogP contribution < -0.4 is 10.6 Å². The minimum atomic E-state index is -0.588. The van der Waals surface area contributed by atoms with Crippen LogP contribution >= 0.6 is 0 Å². The van der Waals surface area contributed by atoms with E-state index in [-0.39, 0.29) is 11.4 Å². The Kier molecular flexibility index (Phi) is 3.46. The van der Waals surface area contributed by atoms with E-state index in [0.29, 0.717) is 5.69 Å². The predicted molar refractivity (Wildman–Crippen MR) is 72.5 cm³/mol. The molecular formula is C14H14FN3O. The van der Waals surface area contributed by atoms with E-state index in [1.54, 1.807) is 13.1 Å². The number of aromatic nitrogens is 1. The maximum absolute atomic E-state index is 13.1. The molecule has 98 valence electrons. The summed E-state index contributed by atoms with van der Waals surface area (Å²) in [5.41, 5.74) is 7.42. The molecule has 0 atom stereocenters. The van der Waals surface area contributed by atoms with Gasteiger partial charge in [-0.25, -0.2) is 9.37 Å². The molecule has 1 aromatic heterocycles. The van der Waals surface area contributed by atoms with Crippen LogP contribution in [0.4, 0.5) is 15.9 Å².